The van der Waals surface area contributed by atoms with E-state index in [4.69, 9.17) is 0 Å². The van der Waals surface area contributed by atoms with Crippen molar-refractivity contribution in [1.29, 1.82) is 0 Å². The molecule has 3 heteroatoms. The molecule has 2 aliphatic rings. The van der Waals surface area contributed by atoms with Crippen molar-refractivity contribution >= 4 is 5.91 Å². The van der Waals surface area contributed by atoms with Gasteiger partial charge in [0, 0.05) is 24.9 Å². The molecule has 1 saturated heterocycles. The van der Waals surface area contributed by atoms with E-state index in [1.807, 2.05) is 17.0 Å². The molecule has 1 aliphatic carbocycles. The number of likely N-dealkylation sites (tertiary alicyclic amines) is 1. The highest BCUT2D eigenvalue weighted by Gasteiger charge is 2.32. The van der Waals surface area contributed by atoms with Gasteiger partial charge in [-0.2, -0.15) is 0 Å². The number of amides is 1. The van der Waals surface area contributed by atoms with Crippen molar-refractivity contribution in [1.82, 2.24) is 4.90 Å². The number of benzene rings is 1. The Hall–Kier alpha value is -1.51. The lowest BCUT2D eigenvalue weighted by Crippen LogP contribution is -2.33. The van der Waals surface area contributed by atoms with Gasteiger partial charge in [-0.15, -0.1) is 0 Å². The van der Waals surface area contributed by atoms with Gasteiger partial charge < -0.3 is 10.0 Å². The van der Waals surface area contributed by atoms with Crippen molar-refractivity contribution in [2.45, 2.75) is 38.0 Å². The predicted octanol–water partition coefficient (Wildman–Crippen LogP) is 2.90. The first-order chi connectivity index (χ1) is 9.24. The van der Waals surface area contributed by atoms with Crippen LogP contribution >= 0.6 is 0 Å². The van der Waals surface area contributed by atoms with E-state index in [1.54, 1.807) is 12.1 Å². The molecule has 0 spiro atoms. The highest BCUT2D eigenvalue weighted by Crippen LogP contribution is 2.32. The smallest absolute Gasteiger partial charge is 0.225 e. The molecule has 1 amide bonds. The average molecular weight is 259 g/mol. The van der Waals surface area contributed by atoms with Crippen molar-refractivity contribution in [2.75, 3.05) is 13.1 Å². The first-order valence-corrected chi connectivity index (χ1v) is 7.32. The summed E-state index contributed by atoms with van der Waals surface area (Å²) in [6.45, 7) is 1.74. The van der Waals surface area contributed by atoms with Crippen LogP contribution in [0.3, 0.4) is 0 Å². The molecule has 0 bridgehead atoms. The Kier molecular flexibility index (Phi) is 3.45. The molecule has 3 rings (SSSR count). The van der Waals surface area contributed by atoms with E-state index >= 15 is 0 Å². The third-order valence-corrected chi connectivity index (χ3v) is 4.57. The molecule has 1 atom stereocenters. The normalized spacial score (nSPS) is 24.0. The van der Waals surface area contributed by atoms with Crippen LogP contribution in [0.5, 0.6) is 5.75 Å². The second-order valence-electron chi connectivity index (χ2n) is 5.84. The zero-order valence-electron chi connectivity index (χ0n) is 11.2. The standard InChI is InChI=1S/C16H21NO2/c18-15-7-5-12(6-8-15)14-9-10-17(11-14)16(19)13-3-1-2-4-13/h5-8,13-14,18H,1-4,9-11H2. The summed E-state index contributed by atoms with van der Waals surface area (Å²) >= 11 is 0. The van der Waals surface area contributed by atoms with Crippen molar-refractivity contribution in [3.05, 3.63) is 29.8 Å². The Balaban J connectivity index is 1.63. The van der Waals surface area contributed by atoms with Crippen molar-refractivity contribution in [2.24, 2.45) is 5.92 Å². The van der Waals surface area contributed by atoms with Crippen LogP contribution in [0.4, 0.5) is 0 Å². The number of phenolic OH excluding ortho intramolecular Hbond substituents is 1. The fourth-order valence-corrected chi connectivity index (χ4v) is 3.41. The molecular weight excluding hydrogens is 238 g/mol. The maximum atomic E-state index is 12.4. The van der Waals surface area contributed by atoms with E-state index in [0.717, 1.165) is 32.4 Å². The van der Waals surface area contributed by atoms with E-state index < -0.39 is 0 Å². The van der Waals surface area contributed by atoms with Crippen LogP contribution in [0.15, 0.2) is 24.3 Å². The molecule has 1 unspecified atom stereocenters. The predicted molar refractivity (Wildman–Crippen MR) is 74.0 cm³/mol. The molecule has 3 nitrogen and oxygen atoms in total. The van der Waals surface area contributed by atoms with Crippen LogP contribution in [0.2, 0.25) is 0 Å². The Bertz CT molecular complexity index is 448. The summed E-state index contributed by atoms with van der Waals surface area (Å²) in [6.07, 6.45) is 5.64. The van der Waals surface area contributed by atoms with Crippen molar-refractivity contribution in [3.8, 4) is 5.75 Å². The summed E-state index contributed by atoms with van der Waals surface area (Å²) in [4.78, 5) is 14.4. The molecule has 0 aromatic heterocycles. The van der Waals surface area contributed by atoms with Crippen LogP contribution in [0.25, 0.3) is 0 Å². The maximum absolute atomic E-state index is 12.4. The van der Waals surface area contributed by atoms with Crippen LogP contribution in [0, 0.1) is 5.92 Å². The third-order valence-electron chi connectivity index (χ3n) is 4.57. The SMILES string of the molecule is O=C(C1CCCC1)N1CCC(c2ccc(O)cc2)C1. The first-order valence-electron chi connectivity index (χ1n) is 7.32. The second kappa shape index (κ2) is 5.24. The highest BCUT2D eigenvalue weighted by atomic mass is 16.3. The number of hydrogen-bond acceptors (Lipinski definition) is 2. The lowest BCUT2D eigenvalue weighted by Gasteiger charge is -2.20. The number of rotatable bonds is 2. The van der Waals surface area contributed by atoms with Gasteiger partial charge in [0.15, 0.2) is 0 Å². The van der Waals surface area contributed by atoms with Gasteiger partial charge in [0.2, 0.25) is 5.91 Å². The number of nitrogens with zero attached hydrogens (tertiary/aromatic N) is 1. The number of carbonyl (C=O) groups excluding carboxylic acids is 1. The second-order valence-corrected chi connectivity index (χ2v) is 5.84. The minimum absolute atomic E-state index is 0.290. The van der Waals surface area contributed by atoms with Gasteiger partial charge in [0.1, 0.15) is 5.75 Å². The summed E-state index contributed by atoms with van der Waals surface area (Å²) in [5, 5.41) is 9.32. The maximum Gasteiger partial charge on any atom is 0.225 e. The van der Waals surface area contributed by atoms with Gasteiger partial charge in [0.25, 0.3) is 0 Å². The fourth-order valence-electron chi connectivity index (χ4n) is 3.41. The van der Waals surface area contributed by atoms with Crippen LogP contribution in [-0.4, -0.2) is 29.0 Å². The molecule has 1 aromatic carbocycles. The lowest BCUT2D eigenvalue weighted by atomic mass is 9.98. The zero-order valence-corrected chi connectivity index (χ0v) is 11.2. The van der Waals surface area contributed by atoms with Crippen LogP contribution in [0.1, 0.15) is 43.6 Å². The molecular formula is C16H21NO2. The summed E-state index contributed by atoms with van der Waals surface area (Å²) in [5.74, 6) is 1.41. The zero-order chi connectivity index (χ0) is 13.2. The quantitative estimate of drug-likeness (QED) is 0.887. The van der Waals surface area contributed by atoms with Crippen LogP contribution in [-0.2, 0) is 4.79 Å². The monoisotopic (exact) mass is 259 g/mol. The largest absolute Gasteiger partial charge is 0.508 e. The lowest BCUT2D eigenvalue weighted by molar-refractivity contribution is -0.134. The topological polar surface area (TPSA) is 40.5 Å². The van der Waals surface area contributed by atoms with Crippen LogP contribution < -0.4 is 0 Å². The summed E-state index contributed by atoms with van der Waals surface area (Å²) in [5.41, 5.74) is 1.24. The molecule has 2 fully saturated rings. The Morgan fingerprint density at radius 2 is 1.79 bits per heavy atom. The molecule has 1 saturated carbocycles. The van der Waals surface area contributed by atoms with Crippen molar-refractivity contribution in [3.63, 3.8) is 0 Å². The van der Waals surface area contributed by atoms with E-state index in [9.17, 15) is 9.90 Å². The Morgan fingerprint density at radius 3 is 2.47 bits per heavy atom. The molecule has 1 aliphatic heterocycles. The summed E-state index contributed by atoms with van der Waals surface area (Å²) in [7, 11) is 0. The molecule has 1 aromatic rings. The highest BCUT2D eigenvalue weighted by molar-refractivity contribution is 5.79. The first kappa shape index (κ1) is 12.5. The van der Waals surface area contributed by atoms with E-state index in [1.165, 1.54) is 18.4 Å². The number of phenols is 1. The van der Waals surface area contributed by atoms with Gasteiger partial charge in [-0.25, -0.2) is 0 Å². The van der Waals surface area contributed by atoms with Crippen molar-refractivity contribution < 1.29 is 9.90 Å². The molecule has 0 radical (unpaired) electrons. The van der Waals surface area contributed by atoms with Gasteiger partial charge in [-0.1, -0.05) is 25.0 Å². The molecule has 19 heavy (non-hydrogen) atoms. The Morgan fingerprint density at radius 1 is 1.11 bits per heavy atom. The van der Waals surface area contributed by atoms with E-state index in [2.05, 4.69) is 0 Å². The minimum Gasteiger partial charge on any atom is -0.508 e. The van der Waals surface area contributed by atoms with Gasteiger partial charge >= 0.3 is 0 Å². The van der Waals surface area contributed by atoms with Gasteiger partial charge in [-0.3, -0.25) is 4.79 Å². The summed E-state index contributed by atoms with van der Waals surface area (Å²) < 4.78 is 0. The fraction of sp³-hybridized carbons (Fsp3) is 0.562. The number of hydrogen-bond donors (Lipinski definition) is 1. The molecule has 102 valence electrons. The van der Waals surface area contributed by atoms with Gasteiger partial charge in [0.05, 0.1) is 0 Å². The number of aromatic hydroxyl groups is 1. The van der Waals surface area contributed by atoms with E-state index in [0.29, 0.717) is 23.5 Å². The molecule has 1 N–H and O–H groups in total. The third kappa shape index (κ3) is 2.60. The average Bonchev–Trinajstić information content (AvgIpc) is 3.10. The van der Waals surface area contributed by atoms with Gasteiger partial charge in [-0.05, 0) is 37.0 Å². The Labute approximate surface area is 114 Å². The molecule has 1 heterocycles. The number of carbonyl (C=O) groups is 1. The summed E-state index contributed by atoms with van der Waals surface area (Å²) in [6, 6.07) is 7.42. The van der Waals surface area contributed by atoms with E-state index in [-0.39, 0.29) is 0 Å². The minimum atomic E-state index is 0.290.